The Balaban J connectivity index is 2.13. The average Bonchev–Trinajstić information content (AvgIpc) is 2.32. The van der Waals surface area contributed by atoms with Crippen molar-refractivity contribution in [3.63, 3.8) is 0 Å². The van der Waals surface area contributed by atoms with Gasteiger partial charge in [-0.25, -0.2) is 8.78 Å². The van der Waals surface area contributed by atoms with E-state index in [0.29, 0.717) is 16.3 Å². The summed E-state index contributed by atoms with van der Waals surface area (Å²) >= 11 is 5.65. The normalized spacial score (nSPS) is 10.4. The standard InChI is InChI=1S/C14H12ClF2N/c1-9-2-4-12(16)10(6-9)8-18-14-5-3-11(15)7-13(14)17/h2-7,18H,8H2,1H3. The van der Waals surface area contributed by atoms with Crippen molar-refractivity contribution >= 4 is 17.3 Å². The second-order valence-electron chi connectivity index (χ2n) is 4.07. The van der Waals surface area contributed by atoms with E-state index in [1.165, 1.54) is 18.2 Å². The molecule has 0 saturated carbocycles. The highest BCUT2D eigenvalue weighted by atomic mass is 35.5. The number of aryl methyl sites for hydroxylation is 1. The fourth-order valence-electron chi connectivity index (χ4n) is 1.66. The Labute approximate surface area is 109 Å². The highest BCUT2D eigenvalue weighted by Gasteiger charge is 2.05. The molecular formula is C14H12ClF2N. The molecule has 18 heavy (non-hydrogen) atoms. The number of benzene rings is 2. The van der Waals surface area contributed by atoms with Crippen LogP contribution in [0.3, 0.4) is 0 Å². The maximum atomic E-state index is 13.5. The van der Waals surface area contributed by atoms with Crippen LogP contribution in [-0.4, -0.2) is 0 Å². The first-order valence-corrected chi connectivity index (χ1v) is 5.88. The lowest BCUT2D eigenvalue weighted by Crippen LogP contribution is -2.03. The predicted molar refractivity (Wildman–Crippen MR) is 69.9 cm³/mol. The average molecular weight is 268 g/mol. The second-order valence-corrected chi connectivity index (χ2v) is 4.51. The van der Waals surface area contributed by atoms with E-state index in [2.05, 4.69) is 5.32 Å². The van der Waals surface area contributed by atoms with Gasteiger partial charge in [-0.05, 0) is 31.2 Å². The summed E-state index contributed by atoms with van der Waals surface area (Å²) in [6.45, 7) is 2.11. The first kappa shape index (κ1) is 12.8. The minimum Gasteiger partial charge on any atom is -0.378 e. The van der Waals surface area contributed by atoms with E-state index in [-0.39, 0.29) is 12.4 Å². The van der Waals surface area contributed by atoms with Crippen molar-refractivity contribution in [1.82, 2.24) is 0 Å². The van der Waals surface area contributed by atoms with Gasteiger partial charge in [0.2, 0.25) is 0 Å². The number of nitrogens with one attached hydrogen (secondary N) is 1. The van der Waals surface area contributed by atoms with E-state index in [9.17, 15) is 8.78 Å². The van der Waals surface area contributed by atoms with Crippen molar-refractivity contribution in [3.05, 3.63) is 64.2 Å². The zero-order valence-corrected chi connectivity index (χ0v) is 10.6. The van der Waals surface area contributed by atoms with Gasteiger partial charge in [0.15, 0.2) is 0 Å². The third-order valence-electron chi connectivity index (χ3n) is 2.60. The van der Waals surface area contributed by atoms with Crippen LogP contribution in [-0.2, 0) is 6.54 Å². The molecule has 0 aliphatic carbocycles. The molecule has 1 nitrogen and oxygen atoms in total. The molecular weight excluding hydrogens is 256 g/mol. The topological polar surface area (TPSA) is 12.0 Å². The lowest BCUT2D eigenvalue weighted by molar-refractivity contribution is 0.610. The van der Waals surface area contributed by atoms with E-state index < -0.39 is 5.82 Å². The Morgan fingerprint density at radius 3 is 2.56 bits per heavy atom. The van der Waals surface area contributed by atoms with E-state index in [1.807, 2.05) is 6.92 Å². The van der Waals surface area contributed by atoms with Gasteiger partial charge in [-0.15, -0.1) is 0 Å². The van der Waals surface area contributed by atoms with Gasteiger partial charge in [0, 0.05) is 17.1 Å². The maximum absolute atomic E-state index is 13.5. The number of hydrogen-bond acceptors (Lipinski definition) is 1. The number of rotatable bonds is 3. The number of anilines is 1. The summed E-state index contributed by atoms with van der Waals surface area (Å²) in [4.78, 5) is 0. The highest BCUT2D eigenvalue weighted by molar-refractivity contribution is 6.30. The van der Waals surface area contributed by atoms with Gasteiger partial charge < -0.3 is 5.32 Å². The van der Waals surface area contributed by atoms with Crippen LogP contribution in [0.15, 0.2) is 36.4 Å². The Bertz CT molecular complexity index is 570. The minimum atomic E-state index is -0.449. The molecule has 0 aliphatic heterocycles. The molecule has 0 spiro atoms. The van der Waals surface area contributed by atoms with Crippen LogP contribution in [0.1, 0.15) is 11.1 Å². The smallest absolute Gasteiger partial charge is 0.147 e. The van der Waals surface area contributed by atoms with Gasteiger partial charge in [0.1, 0.15) is 11.6 Å². The summed E-state index contributed by atoms with van der Waals surface area (Å²) in [6, 6.07) is 9.17. The lowest BCUT2D eigenvalue weighted by atomic mass is 10.1. The largest absolute Gasteiger partial charge is 0.378 e. The van der Waals surface area contributed by atoms with Gasteiger partial charge in [0.25, 0.3) is 0 Å². The molecule has 0 heterocycles. The zero-order valence-electron chi connectivity index (χ0n) is 9.81. The molecule has 0 aromatic heterocycles. The molecule has 2 rings (SSSR count). The summed E-state index contributed by atoms with van der Waals surface area (Å²) in [6.07, 6.45) is 0. The van der Waals surface area contributed by atoms with Crippen LogP contribution in [0.2, 0.25) is 5.02 Å². The molecule has 0 bridgehead atoms. The third kappa shape index (κ3) is 2.99. The van der Waals surface area contributed by atoms with Crippen molar-refractivity contribution < 1.29 is 8.78 Å². The van der Waals surface area contributed by atoms with E-state index in [4.69, 9.17) is 11.6 Å². The highest BCUT2D eigenvalue weighted by Crippen LogP contribution is 2.20. The molecule has 4 heteroatoms. The Morgan fingerprint density at radius 2 is 1.83 bits per heavy atom. The Kier molecular flexibility index (Phi) is 3.82. The molecule has 0 unspecified atom stereocenters. The molecule has 1 N–H and O–H groups in total. The van der Waals surface area contributed by atoms with Crippen LogP contribution in [0.4, 0.5) is 14.5 Å². The van der Waals surface area contributed by atoms with Crippen molar-refractivity contribution in [2.75, 3.05) is 5.32 Å². The van der Waals surface area contributed by atoms with Gasteiger partial charge in [-0.2, -0.15) is 0 Å². The molecule has 0 aliphatic rings. The molecule has 0 amide bonds. The third-order valence-corrected chi connectivity index (χ3v) is 2.84. The van der Waals surface area contributed by atoms with Crippen LogP contribution in [0.5, 0.6) is 0 Å². The summed E-state index contributed by atoms with van der Waals surface area (Å²) in [5.41, 5.74) is 1.77. The van der Waals surface area contributed by atoms with Gasteiger partial charge >= 0.3 is 0 Å². The molecule has 0 radical (unpaired) electrons. The maximum Gasteiger partial charge on any atom is 0.147 e. The Hall–Kier alpha value is -1.61. The molecule has 94 valence electrons. The van der Waals surface area contributed by atoms with Crippen molar-refractivity contribution in [3.8, 4) is 0 Å². The summed E-state index contributed by atoms with van der Waals surface area (Å²) < 4.78 is 27.0. The zero-order chi connectivity index (χ0) is 13.1. The summed E-state index contributed by atoms with van der Waals surface area (Å²) in [5, 5.41) is 3.18. The van der Waals surface area contributed by atoms with E-state index in [1.54, 1.807) is 18.2 Å². The van der Waals surface area contributed by atoms with Crippen molar-refractivity contribution in [1.29, 1.82) is 0 Å². The fraction of sp³-hybridized carbons (Fsp3) is 0.143. The Morgan fingerprint density at radius 1 is 1.06 bits per heavy atom. The minimum absolute atomic E-state index is 0.228. The molecule has 0 fully saturated rings. The number of halogens is 3. The van der Waals surface area contributed by atoms with Gasteiger partial charge in [-0.3, -0.25) is 0 Å². The lowest BCUT2D eigenvalue weighted by Gasteiger charge is -2.09. The van der Waals surface area contributed by atoms with E-state index >= 15 is 0 Å². The van der Waals surface area contributed by atoms with Crippen molar-refractivity contribution in [2.45, 2.75) is 13.5 Å². The first-order chi connectivity index (χ1) is 8.56. The van der Waals surface area contributed by atoms with Crippen LogP contribution >= 0.6 is 11.6 Å². The summed E-state index contributed by atoms with van der Waals surface area (Å²) in [5.74, 6) is -0.752. The molecule has 2 aromatic carbocycles. The SMILES string of the molecule is Cc1ccc(F)c(CNc2ccc(Cl)cc2F)c1. The van der Waals surface area contributed by atoms with Gasteiger partial charge in [0.05, 0.1) is 5.69 Å². The monoisotopic (exact) mass is 267 g/mol. The number of hydrogen-bond donors (Lipinski definition) is 1. The fourth-order valence-corrected chi connectivity index (χ4v) is 1.82. The summed E-state index contributed by atoms with van der Waals surface area (Å²) in [7, 11) is 0. The van der Waals surface area contributed by atoms with E-state index in [0.717, 1.165) is 5.56 Å². The quantitative estimate of drug-likeness (QED) is 0.861. The van der Waals surface area contributed by atoms with Crippen molar-refractivity contribution in [2.24, 2.45) is 0 Å². The van der Waals surface area contributed by atoms with Crippen LogP contribution in [0.25, 0.3) is 0 Å². The van der Waals surface area contributed by atoms with Gasteiger partial charge in [-0.1, -0.05) is 29.3 Å². The second kappa shape index (κ2) is 5.36. The van der Waals surface area contributed by atoms with Crippen LogP contribution < -0.4 is 5.32 Å². The molecule has 0 saturated heterocycles. The van der Waals surface area contributed by atoms with Crippen LogP contribution in [0, 0.1) is 18.6 Å². The molecule has 2 aromatic rings. The molecule has 0 atom stereocenters. The predicted octanol–water partition coefficient (Wildman–Crippen LogP) is 4.54. The first-order valence-electron chi connectivity index (χ1n) is 5.50.